The smallest absolute Gasteiger partial charge is 0.275 e. The molecule has 1 atom stereocenters. The normalized spacial score (nSPS) is 16.9. The predicted octanol–water partition coefficient (Wildman–Crippen LogP) is 2.57. The van der Waals surface area contributed by atoms with E-state index in [2.05, 4.69) is 5.16 Å². The van der Waals surface area contributed by atoms with E-state index in [1.165, 1.54) is 17.0 Å². The molecule has 0 aliphatic carbocycles. The maximum absolute atomic E-state index is 12.6. The number of oxime groups is 1. The third kappa shape index (κ3) is 3.71. The molecule has 130 valence electrons. The van der Waals surface area contributed by atoms with E-state index in [1.807, 2.05) is 30.3 Å². The highest BCUT2D eigenvalue weighted by molar-refractivity contribution is 7.90. The van der Waals surface area contributed by atoms with Crippen LogP contribution in [0, 0.1) is 0 Å². The Morgan fingerprint density at radius 1 is 1.12 bits per heavy atom. The quantitative estimate of drug-likeness (QED) is 0.842. The number of anilines is 1. The molecular weight excluding hydrogens is 340 g/mol. The van der Waals surface area contributed by atoms with E-state index in [0.717, 1.165) is 11.8 Å². The Kier molecular flexibility index (Phi) is 4.59. The first kappa shape index (κ1) is 17.2. The number of benzene rings is 2. The molecule has 1 aliphatic rings. The molecule has 1 aliphatic heterocycles. The summed E-state index contributed by atoms with van der Waals surface area (Å²) in [6.07, 6.45) is 1.28. The van der Waals surface area contributed by atoms with Gasteiger partial charge in [-0.2, -0.15) is 0 Å². The van der Waals surface area contributed by atoms with E-state index < -0.39 is 9.84 Å². The van der Waals surface area contributed by atoms with Gasteiger partial charge in [0.25, 0.3) is 5.91 Å². The molecule has 0 radical (unpaired) electrons. The lowest BCUT2D eigenvalue weighted by atomic mass is 10.0. The van der Waals surface area contributed by atoms with Crippen molar-refractivity contribution >= 4 is 27.1 Å². The molecular formula is C18H18N2O4S. The number of hydrogen-bond acceptors (Lipinski definition) is 5. The molecule has 1 unspecified atom stereocenters. The fourth-order valence-corrected chi connectivity index (χ4v) is 3.21. The fourth-order valence-electron chi connectivity index (χ4n) is 2.58. The van der Waals surface area contributed by atoms with Crippen LogP contribution in [0.5, 0.6) is 0 Å². The zero-order valence-corrected chi connectivity index (χ0v) is 14.7. The predicted molar refractivity (Wildman–Crippen MR) is 95.3 cm³/mol. The fraction of sp³-hybridized carbons (Fsp3) is 0.222. The molecule has 25 heavy (non-hydrogen) atoms. The Balaban J connectivity index is 1.71. The lowest BCUT2D eigenvalue weighted by Gasteiger charge is -2.17. The second-order valence-electron chi connectivity index (χ2n) is 5.88. The van der Waals surface area contributed by atoms with E-state index in [4.69, 9.17) is 4.84 Å². The molecule has 0 saturated heterocycles. The summed E-state index contributed by atoms with van der Waals surface area (Å²) in [6, 6.07) is 15.8. The zero-order valence-electron chi connectivity index (χ0n) is 13.9. The van der Waals surface area contributed by atoms with Crippen molar-refractivity contribution in [3.8, 4) is 0 Å². The molecule has 0 saturated carbocycles. The number of carbonyl (C=O) groups is 1. The average molecular weight is 358 g/mol. The monoisotopic (exact) mass is 358 g/mol. The van der Waals surface area contributed by atoms with Crippen molar-refractivity contribution in [1.29, 1.82) is 0 Å². The van der Waals surface area contributed by atoms with E-state index in [9.17, 15) is 13.2 Å². The molecule has 0 N–H and O–H groups in total. The minimum atomic E-state index is -3.27. The first-order valence-corrected chi connectivity index (χ1v) is 9.61. The van der Waals surface area contributed by atoms with Gasteiger partial charge < -0.3 is 9.74 Å². The van der Waals surface area contributed by atoms with Crippen LogP contribution in [0.2, 0.25) is 0 Å². The summed E-state index contributed by atoms with van der Waals surface area (Å²) in [5.41, 5.74) is 1.89. The van der Waals surface area contributed by atoms with Gasteiger partial charge in [0.05, 0.1) is 4.90 Å². The number of nitrogens with zero attached hydrogens (tertiary/aromatic N) is 2. The minimum Gasteiger partial charge on any atom is -0.387 e. The summed E-state index contributed by atoms with van der Waals surface area (Å²) in [4.78, 5) is 19.6. The van der Waals surface area contributed by atoms with Gasteiger partial charge in [0.2, 0.25) is 0 Å². The highest BCUT2D eigenvalue weighted by Crippen LogP contribution is 2.28. The summed E-state index contributed by atoms with van der Waals surface area (Å²) < 4.78 is 23.0. The topological polar surface area (TPSA) is 76.0 Å². The average Bonchev–Trinajstić information content (AvgIpc) is 3.11. The van der Waals surface area contributed by atoms with Crippen molar-refractivity contribution in [2.24, 2.45) is 5.16 Å². The van der Waals surface area contributed by atoms with Crippen LogP contribution in [-0.2, 0) is 19.5 Å². The molecule has 2 aromatic rings. The van der Waals surface area contributed by atoms with Crippen LogP contribution in [-0.4, -0.2) is 33.3 Å². The number of hydrogen-bond donors (Lipinski definition) is 0. The molecule has 0 bridgehead atoms. The first-order valence-electron chi connectivity index (χ1n) is 7.72. The molecule has 0 spiro atoms. The standard InChI is InChI=1S/C18H18N2O4S/c1-20(14-8-10-15(11-9-14)25(2,22)23)18(21)16-12-17(24-19-16)13-6-4-3-5-7-13/h3-11,17H,12H2,1-2H3. The molecule has 1 amide bonds. The molecule has 0 aromatic heterocycles. The number of amides is 1. The summed E-state index contributed by atoms with van der Waals surface area (Å²) in [7, 11) is -1.65. The van der Waals surface area contributed by atoms with Gasteiger partial charge in [-0.3, -0.25) is 4.79 Å². The van der Waals surface area contributed by atoms with Gasteiger partial charge in [0.15, 0.2) is 15.9 Å². The Morgan fingerprint density at radius 3 is 2.36 bits per heavy atom. The van der Waals surface area contributed by atoms with Gasteiger partial charge in [0, 0.05) is 25.4 Å². The number of rotatable bonds is 4. The lowest BCUT2D eigenvalue weighted by molar-refractivity contribution is -0.112. The van der Waals surface area contributed by atoms with Crippen molar-refractivity contribution in [2.75, 3.05) is 18.2 Å². The Morgan fingerprint density at radius 2 is 1.76 bits per heavy atom. The zero-order chi connectivity index (χ0) is 18.0. The Bertz CT molecular complexity index is 906. The summed E-state index contributed by atoms with van der Waals surface area (Å²) >= 11 is 0. The molecule has 2 aromatic carbocycles. The van der Waals surface area contributed by atoms with Crippen LogP contribution in [0.25, 0.3) is 0 Å². The molecule has 6 nitrogen and oxygen atoms in total. The SMILES string of the molecule is CN(C(=O)C1=NOC(c2ccccc2)C1)c1ccc(S(C)(=O)=O)cc1. The van der Waals surface area contributed by atoms with Gasteiger partial charge in [-0.05, 0) is 29.8 Å². The van der Waals surface area contributed by atoms with E-state index in [1.54, 1.807) is 19.2 Å². The van der Waals surface area contributed by atoms with Crippen molar-refractivity contribution in [3.63, 3.8) is 0 Å². The second kappa shape index (κ2) is 6.68. The molecule has 3 rings (SSSR count). The van der Waals surface area contributed by atoms with Crippen molar-refractivity contribution in [2.45, 2.75) is 17.4 Å². The van der Waals surface area contributed by atoms with Crippen LogP contribution in [0.1, 0.15) is 18.1 Å². The minimum absolute atomic E-state index is 0.211. The Labute approximate surface area is 146 Å². The van der Waals surface area contributed by atoms with Crippen molar-refractivity contribution in [1.82, 2.24) is 0 Å². The van der Waals surface area contributed by atoms with E-state index in [0.29, 0.717) is 17.8 Å². The van der Waals surface area contributed by atoms with Crippen LogP contribution in [0.4, 0.5) is 5.69 Å². The maximum Gasteiger partial charge on any atom is 0.275 e. The maximum atomic E-state index is 12.6. The third-order valence-corrected chi connectivity index (χ3v) is 5.17. The highest BCUT2D eigenvalue weighted by Gasteiger charge is 2.29. The van der Waals surface area contributed by atoms with Crippen LogP contribution in [0.15, 0.2) is 64.6 Å². The number of sulfone groups is 1. The first-order chi connectivity index (χ1) is 11.9. The largest absolute Gasteiger partial charge is 0.387 e. The number of carbonyl (C=O) groups excluding carboxylic acids is 1. The van der Waals surface area contributed by atoms with Gasteiger partial charge in [-0.15, -0.1) is 0 Å². The van der Waals surface area contributed by atoms with Gasteiger partial charge in [0.1, 0.15) is 5.71 Å². The molecule has 1 heterocycles. The highest BCUT2D eigenvalue weighted by atomic mass is 32.2. The van der Waals surface area contributed by atoms with Crippen LogP contribution in [0.3, 0.4) is 0 Å². The Hall–Kier alpha value is -2.67. The summed E-state index contributed by atoms with van der Waals surface area (Å²) in [5, 5.41) is 3.93. The van der Waals surface area contributed by atoms with E-state index in [-0.39, 0.29) is 16.9 Å². The van der Waals surface area contributed by atoms with Gasteiger partial charge in [-0.1, -0.05) is 35.5 Å². The third-order valence-electron chi connectivity index (χ3n) is 4.04. The molecule has 0 fully saturated rings. The van der Waals surface area contributed by atoms with Crippen molar-refractivity contribution in [3.05, 3.63) is 60.2 Å². The van der Waals surface area contributed by atoms with E-state index >= 15 is 0 Å². The summed E-state index contributed by atoms with van der Waals surface area (Å²) in [5.74, 6) is -0.273. The van der Waals surface area contributed by atoms with Gasteiger partial charge >= 0.3 is 0 Å². The van der Waals surface area contributed by atoms with Crippen molar-refractivity contribution < 1.29 is 18.0 Å². The summed E-state index contributed by atoms with van der Waals surface area (Å²) in [6.45, 7) is 0. The second-order valence-corrected chi connectivity index (χ2v) is 7.89. The van der Waals surface area contributed by atoms with Gasteiger partial charge in [-0.25, -0.2) is 8.42 Å². The molecule has 7 heteroatoms. The van der Waals surface area contributed by atoms with Crippen LogP contribution < -0.4 is 4.90 Å². The van der Waals surface area contributed by atoms with Crippen LogP contribution >= 0.6 is 0 Å². The lowest BCUT2D eigenvalue weighted by Crippen LogP contribution is -2.32.